The van der Waals surface area contributed by atoms with Gasteiger partial charge in [0.25, 0.3) is 0 Å². The Kier molecular flexibility index (Phi) is 24.1. The summed E-state index contributed by atoms with van der Waals surface area (Å²) in [6.07, 6.45) is 0.128. The second kappa shape index (κ2) is 25.4. The van der Waals surface area contributed by atoms with E-state index in [-0.39, 0.29) is 13.2 Å². The minimum Gasteiger partial charge on any atom is -0.442 e. The van der Waals surface area contributed by atoms with E-state index in [0.29, 0.717) is 85.8 Å². The number of rotatable bonds is 26. The Morgan fingerprint density at radius 2 is 1.32 bits per heavy atom. The number of nitrogens with one attached hydrogen (secondary N) is 3. The molecule has 224 valence electrons. The van der Waals surface area contributed by atoms with Gasteiger partial charge in [0.05, 0.1) is 79.3 Å². The van der Waals surface area contributed by atoms with Gasteiger partial charge in [0.2, 0.25) is 5.91 Å². The highest BCUT2D eigenvalue weighted by atomic mass is 16.7. The highest BCUT2D eigenvalue weighted by molar-refractivity contribution is 5.77. The van der Waals surface area contributed by atoms with Crippen molar-refractivity contribution in [3.63, 3.8) is 0 Å². The quantitative estimate of drug-likeness (QED) is 0.0481. The molecule has 0 aliphatic carbocycles. The summed E-state index contributed by atoms with van der Waals surface area (Å²) in [5.74, 6) is -0.399. The Hall–Kier alpha value is -1.88. The zero-order valence-corrected chi connectivity index (χ0v) is 23.0. The van der Waals surface area contributed by atoms with Gasteiger partial charge in [0, 0.05) is 13.1 Å². The summed E-state index contributed by atoms with van der Waals surface area (Å²) in [5.41, 5.74) is 1.38. The number of ether oxygens (including phenoxy) is 7. The number of carbonyl (C=O) groups excluding carboxylic acids is 2. The van der Waals surface area contributed by atoms with Crippen molar-refractivity contribution in [2.24, 2.45) is 0 Å². The Morgan fingerprint density at radius 1 is 0.816 bits per heavy atom. The molecule has 0 aromatic rings. The summed E-state index contributed by atoms with van der Waals surface area (Å²) in [6.45, 7) is 14.0. The molecule has 0 rings (SSSR count). The van der Waals surface area contributed by atoms with E-state index in [1.165, 1.54) is 0 Å². The van der Waals surface area contributed by atoms with Gasteiger partial charge in [-0.05, 0) is 20.8 Å². The highest BCUT2D eigenvalue weighted by Gasteiger charge is 2.16. The van der Waals surface area contributed by atoms with E-state index < -0.39 is 23.8 Å². The third kappa shape index (κ3) is 28.7. The molecule has 0 aliphatic heterocycles. The van der Waals surface area contributed by atoms with Crippen LogP contribution in [-0.2, 0) is 42.8 Å². The number of hydrogen-bond acceptors (Lipinski definition) is 12. The number of aliphatic hydroxyl groups is 1. The molecule has 14 heteroatoms. The predicted molar refractivity (Wildman–Crippen MR) is 137 cm³/mol. The van der Waals surface area contributed by atoms with Gasteiger partial charge in [-0.3, -0.25) is 14.9 Å². The molecule has 38 heavy (non-hydrogen) atoms. The number of carbonyl (C=O) groups is 2. The van der Waals surface area contributed by atoms with Crippen LogP contribution in [0, 0.1) is 0 Å². The normalized spacial score (nSPS) is 12.2. The van der Waals surface area contributed by atoms with Gasteiger partial charge in [-0.25, -0.2) is 4.79 Å². The molecule has 0 aromatic heterocycles. The molecule has 14 nitrogen and oxygen atoms in total. The first-order valence-electron chi connectivity index (χ1n) is 12.6. The summed E-state index contributed by atoms with van der Waals surface area (Å²) >= 11 is 0. The lowest BCUT2D eigenvalue weighted by molar-refractivity contribution is -0.128. The van der Waals surface area contributed by atoms with Crippen LogP contribution in [0.3, 0.4) is 0 Å². The van der Waals surface area contributed by atoms with E-state index >= 15 is 0 Å². The van der Waals surface area contributed by atoms with Gasteiger partial charge in [0.15, 0.2) is 6.61 Å². The Morgan fingerprint density at radius 3 is 1.82 bits per heavy atom. The van der Waals surface area contributed by atoms with Crippen molar-refractivity contribution in [1.29, 1.82) is 0 Å². The van der Waals surface area contributed by atoms with Crippen molar-refractivity contribution < 1.29 is 52.7 Å². The predicted octanol–water partition coefficient (Wildman–Crippen LogP) is -0.247. The first-order valence-corrected chi connectivity index (χ1v) is 12.6. The van der Waals surface area contributed by atoms with Gasteiger partial charge in [-0.2, -0.15) is 5.48 Å². The van der Waals surface area contributed by atoms with E-state index in [1.807, 2.05) is 5.48 Å². The Labute approximate surface area is 225 Å². The van der Waals surface area contributed by atoms with E-state index in [9.17, 15) is 14.7 Å². The molecule has 0 saturated heterocycles. The van der Waals surface area contributed by atoms with E-state index in [1.54, 1.807) is 26.8 Å². The number of aliphatic hydroxyl groups excluding tert-OH is 1. The lowest BCUT2D eigenvalue weighted by Gasteiger charge is -2.19. The van der Waals surface area contributed by atoms with Crippen LogP contribution < -0.4 is 16.1 Å². The Bertz CT molecular complexity index is 591. The van der Waals surface area contributed by atoms with E-state index in [4.69, 9.17) is 38.0 Å². The average Bonchev–Trinajstić information content (AvgIpc) is 2.84. The zero-order valence-electron chi connectivity index (χ0n) is 23.0. The minimum absolute atomic E-state index is 0.200. The fourth-order valence-electron chi connectivity index (χ4n) is 2.37. The summed E-state index contributed by atoms with van der Waals surface area (Å²) in [7, 11) is 0. The molecular weight excluding hydrogens is 506 g/mol. The Balaban J connectivity index is 3.25. The molecule has 0 aliphatic rings. The summed E-state index contributed by atoms with van der Waals surface area (Å²) in [4.78, 5) is 27.7. The maximum Gasteiger partial charge on any atom is 0.431 e. The summed E-state index contributed by atoms with van der Waals surface area (Å²) in [5, 5.41) is 15.0. The first kappa shape index (κ1) is 36.1. The van der Waals surface area contributed by atoms with Crippen LogP contribution in [0.1, 0.15) is 20.8 Å². The van der Waals surface area contributed by atoms with E-state index in [2.05, 4.69) is 17.2 Å². The highest BCUT2D eigenvalue weighted by Crippen LogP contribution is 2.06. The second-order valence-corrected chi connectivity index (χ2v) is 8.60. The second-order valence-electron chi connectivity index (χ2n) is 8.60. The van der Waals surface area contributed by atoms with Crippen LogP contribution in [0.15, 0.2) is 12.7 Å². The van der Waals surface area contributed by atoms with Crippen molar-refractivity contribution >= 4 is 12.0 Å². The molecule has 0 radical (unpaired) electrons. The average molecular weight is 554 g/mol. The number of hydroxylamine groups is 1. The van der Waals surface area contributed by atoms with Gasteiger partial charge < -0.3 is 43.6 Å². The fourth-order valence-corrected chi connectivity index (χ4v) is 2.37. The van der Waals surface area contributed by atoms with Gasteiger partial charge in [-0.15, -0.1) is 6.58 Å². The first-order chi connectivity index (χ1) is 18.2. The number of hydrogen-bond donors (Lipinski definition) is 4. The van der Waals surface area contributed by atoms with Gasteiger partial charge in [0.1, 0.15) is 11.8 Å². The molecule has 1 atom stereocenters. The van der Waals surface area contributed by atoms with Crippen molar-refractivity contribution in [2.45, 2.75) is 32.6 Å². The molecule has 0 saturated carbocycles. The molecule has 0 unspecified atom stereocenters. The standard InChI is InChI=1S/C24H47N3O11/c1-5-8-36-19-21(28)25-6-9-31-11-13-33-15-17-35-18-16-34-14-12-32-10-7-26-22(29)20-37-27-23(30)38-24(2,3)4/h5,21,25,28H,1,6-20H2,2-4H3,(H,26,29)(H,27,30)/t21-/m1/s1. The fraction of sp³-hybridized carbons (Fsp3) is 0.833. The topological polar surface area (TPSA) is 164 Å². The monoisotopic (exact) mass is 553 g/mol. The van der Waals surface area contributed by atoms with Crippen molar-refractivity contribution in [3.8, 4) is 0 Å². The van der Waals surface area contributed by atoms with Crippen molar-refractivity contribution in [3.05, 3.63) is 12.7 Å². The molecule has 0 bridgehead atoms. The van der Waals surface area contributed by atoms with Crippen LogP contribution in [0.25, 0.3) is 0 Å². The third-order valence-corrected chi connectivity index (χ3v) is 3.95. The summed E-state index contributed by atoms with van der Waals surface area (Å²) in [6, 6.07) is 0. The molecule has 2 amide bonds. The van der Waals surface area contributed by atoms with Crippen LogP contribution in [-0.4, -0.2) is 128 Å². The largest absolute Gasteiger partial charge is 0.442 e. The molecule has 0 spiro atoms. The molecule has 4 N–H and O–H groups in total. The van der Waals surface area contributed by atoms with Crippen LogP contribution in [0.5, 0.6) is 0 Å². The van der Waals surface area contributed by atoms with Gasteiger partial charge in [-0.1, -0.05) is 6.08 Å². The zero-order chi connectivity index (χ0) is 28.3. The van der Waals surface area contributed by atoms with Crippen molar-refractivity contribution in [2.75, 3.05) is 99.0 Å². The minimum atomic E-state index is -0.765. The van der Waals surface area contributed by atoms with Gasteiger partial charge >= 0.3 is 6.09 Å². The lowest BCUT2D eigenvalue weighted by atomic mass is 10.2. The molecular formula is C24H47N3O11. The van der Waals surface area contributed by atoms with Crippen LogP contribution >= 0.6 is 0 Å². The number of amides is 2. The molecule has 0 aromatic carbocycles. The molecule has 0 fully saturated rings. The van der Waals surface area contributed by atoms with Crippen molar-refractivity contribution in [1.82, 2.24) is 16.1 Å². The molecule has 0 heterocycles. The third-order valence-electron chi connectivity index (χ3n) is 3.95. The smallest absolute Gasteiger partial charge is 0.431 e. The maximum absolute atomic E-state index is 11.6. The lowest BCUT2D eigenvalue weighted by Crippen LogP contribution is -2.37. The maximum atomic E-state index is 11.6. The SMILES string of the molecule is C=CCOC[C@@H](O)NCCOCCOCCOCCOCCOCCNC(=O)CONC(=O)OC(C)(C)C. The van der Waals surface area contributed by atoms with Crippen LogP contribution in [0.4, 0.5) is 4.79 Å². The summed E-state index contributed by atoms with van der Waals surface area (Å²) < 4.78 is 37.0. The van der Waals surface area contributed by atoms with E-state index in [0.717, 1.165) is 0 Å². The van der Waals surface area contributed by atoms with Crippen LogP contribution in [0.2, 0.25) is 0 Å².